The molecule has 1 aromatic carbocycles. The van der Waals surface area contributed by atoms with Crippen LogP contribution in [0.25, 0.3) is 11.4 Å². The Morgan fingerprint density at radius 1 is 1.33 bits per heavy atom. The molecule has 1 fully saturated rings. The van der Waals surface area contributed by atoms with Gasteiger partial charge in [0, 0.05) is 25.0 Å². The lowest BCUT2D eigenvalue weighted by atomic mass is 10.1. The number of halogens is 1. The van der Waals surface area contributed by atoms with E-state index in [1.54, 1.807) is 11.8 Å². The lowest BCUT2D eigenvalue weighted by Gasteiger charge is -2.21. The summed E-state index contributed by atoms with van der Waals surface area (Å²) in [5.41, 5.74) is 0.912. The van der Waals surface area contributed by atoms with E-state index < -0.39 is 0 Å². The summed E-state index contributed by atoms with van der Waals surface area (Å²) < 4.78 is 7.75. The van der Waals surface area contributed by atoms with E-state index in [1.165, 1.54) is 12.8 Å². The van der Waals surface area contributed by atoms with Gasteiger partial charge in [0.1, 0.15) is 0 Å². The molecule has 2 heterocycles. The fraction of sp³-hybridized carbons (Fsp3) is 0.467. The molecule has 1 atom stereocenters. The van der Waals surface area contributed by atoms with Crippen molar-refractivity contribution >= 4 is 23.4 Å². The standard InChI is InChI=1S/C15H18ClN3OS/c1-19-14(12-7-2-3-8-13(12)16)17-18-15(19)21-10-11-6-4-5-9-20-11/h2-3,7-8,11H,4-6,9-10H2,1H3/t11-/m1/s1. The number of rotatable bonds is 4. The average Bonchev–Trinajstić information content (AvgIpc) is 2.88. The highest BCUT2D eigenvalue weighted by Crippen LogP contribution is 2.29. The molecule has 0 aliphatic carbocycles. The summed E-state index contributed by atoms with van der Waals surface area (Å²) >= 11 is 7.93. The van der Waals surface area contributed by atoms with E-state index in [0.29, 0.717) is 11.1 Å². The van der Waals surface area contributed by atoms with Crippen molar-refractivity contribution in [2.75, 3.05) is 12.4 Å². The Labute approximate surface area is 133 Å². The maximum atomic E-state index is 6.23. The lowest BCUT2D eigenvalue weighted by molar-refractivity contribution is 0.0315. The van der Waals surface area contributed by atoms with E-state index in [4.69, 9.17) is 16.3 Å². The molecule has 1 aliphatic heterocycles. The second kappa shape index (κ2) is 6.81. The summed E-state index contributed by atoms with van der Waals surface area (Å²) in [6.07, 6.45) is 3.92. The minimum atomic E-state index is 0.337. The number of hydrogen-bond donors (Lipinski definition) is 0. The van der Waals surface area contributed by atoms with E-state index in [-0.39, 0.29) is 0 Å². The second-order valence-electron chi connectivity index (χ2n) is 5.14. The Hall–Kier alpha value is -1.04. The number of nitrogens with zero attached hydrogens (tertiary/aromatic N) is 3. The first-order valence-electron chi connectivity index (χ1n) is 7.14. The summed E-state index contributed by atoms with van der Waals surface area (Å²) in [5, 5.41) is 10.2. The molecule has 21 heavy (non-hydrogen) atoms. The van der Waals surface area contributed by atoms with Crippen molar-refractivity contribution in [2.45, 2.75) is 30.5 Å². The van der Waals surface area contributed by atoms with Crippen LogP contribution in [0.1, 0.15) is 19.3 Å². The second-order valence-corrected chi connectivity index (χ2v) is 6.54. The van der Waals surface area contributed by atoms with Gasteiger partial charge in [0.05, 0.1) is 11.1 Å². The van der Waals surface area contributed by atoms with Gasteiger partial charge in [0.15, 0.2) is 11.0 Å². The maximum Gasteiger partial charge on any atom is 0.191 e. The van der Waals surface area contributed by atoms with Gasteiger partial charge in [-0.2, -0.15) is 0 Å². The SMILES string of the molecule is Cn1c(SC[C@H]2CCCCO2)nnc1-c1ccccc1Cl. The van der Waals surface area contributed by atoms with Crippen molar-refractivity contribution in [3.8, 4) is 11.4 Å². The van der Waals surface area contributed by atoms with Crippen LogP contribution in [0.4, 0.5) is 0 Å². The predicted octanol–water partition coefficient (Wildman–Crippen LogP) is 3.80. The first-order valence-corrected chi connectivity index (χ1v) is 8.51. The van der Waals surface area contributed by atoms with Gasteiger partial charge in [-0.05, 0) is 31.4 Å². The molecule has 6 heteroatoms. The summed E-state index contributed by atoms with van der Waals surface area (Å²) in [4.78, 5) is 0. The molecule has 0 unspecified atom stereocenters. The molecule has 0 radical (unpaired) electrons. The van der Waals surface area contributed by atoms with Crippen LogP contribution in [0.3, 0.4) is 0 Å². The van der Waals surface area contributed by atoms with Gasteiger partial charge in [0.2, 0.25) is 0 Å². The number of ether oxygens (including phenoxy) is 1. The van der Waals surface area contributed by atoms with Gasteiger partial charge in [-0.25, -0.2) is 0 Å². The zero-order valence-corrected chi connectivity index (χ0v) is 13.5. The quantitative estimate of drug-likeness (QED) is 0.802. The van der Waals surface area contributed by atoms with Gasteiger partial charge in [-0.3, -0.25) is 0 Å². The Morgan fingerprint density at radius 2 is 2.19 bits per heavy atom. The van der Waals surface area contributed by atoms with Crippen LogP contribution in [0.15, 0.2) is 29.4 Å². The fourth-order valence-corrected chi connectivity index (χ4v) is 3.62. The van der Waals surface area contributed by atoms with E-state index in [2.05, 4.69) is 10.2 Å². The summed E-state index contributed by atoms with van der Waals surface area (Å²) in [6.45, 7) is 0.884. The zero-order chi connectivity index (χ0) is 14.7. The molecule has 0 saturated carbocycles. The minimum absolute atomic E-state index is 0.337. The highest BCUT2D eigenvalue weighted by Gasteiger charge is 2.17. The molecule has 0 bridgehead atoms. The summed E-state index contributed by atoms with van der Waals surface area (Å²) in [7, 11) is 1.97. The number of thioether (sulfide) groups is 1. The van der Waals surface area contributed by atoms with Gasteiger partial charge in [-0.1, -0.05) is 35.5 Å². The minimum Gasteiger partial charge on any atom is -0.377 e. The molecule has 0 amide bonds. The summed E-state index contributed by atoms with van der Waals surface area (Å²) in [6, 6.07) is 7.70. The summed E-state index contributed by atoms with van der Waals surface area (Å²) in [5.74, 6) is 1.72. The Kier molecular flexibility index (Phi) is 4.83. The smallest absolute Gasteiger partial charge is 0.191 e. The molecule has 2 aromatic rings. The molecule has 1 aliphatic rings. The normalized spacial score (nSPS) is 18.9. The first-order chi connectivity index (χ1) is 10.3. The van der Waals surface area contributed by atoms with Crippen LogP contribution in [-0.4, -0.2) is 33.2 Å². The van der Waals surface area contributed by atoms with Crippen LogP contribution in [-0.2, 0) is 11.8 Å². The van der Waals surface area contributed by atoms with Gasteiger partial charge in [-0.15, -0.1) is 10.2 Å². The van der Waals surface area contributed by atoms with E-state index in [0.717, 1.165) is 35.3 Å². The monoisotopic (exact) mass is 323 g/mol. The molecular formula is C15H18ClN3OS. The van der Waals surface area contributed by atoms with Crippen molar-refractivity contribution < 1.29 is 4.74 Å². The lowest BCUT2D eigenvalue weighted by Crippen LogP contribution is -2.21. The van der Waals surface area contributed by atoms with Gasteiger partial charge in [0.25, 0.3) is 0 Å². The third-order valence-electron chi connectivity index (χ3n) is 3.62. The van der Waals surface area contributed by atoms with Crippen LogP contribution < -0.4 is 0 Å². The van der Waals surface area contributed by atoms with Crippen molar-refractivity contribution in [1.29, 1.82) is 0 Å². The Morgan fingerprint density at radius 3 is 2.95 bits per heavy atom. The van der Waals surface area contributed by atoms with Crippen molar-refractivity contribution in [3.05, 3.63) is 29.3 Å². The Balaban J connectivity index is 1.72. The molecule has 1 aromatic heterocycles. The van der Waals surface area contributed by atoms with Crippen LogP contribution in [0.2, 0.25) is 5.02 Å². The van der Waals surface area contributed by atoms with Gasteiger partial charge >= 0.3 is 0 Å². The molecule has 1 saturated heterocycles. The third-order valence-corrected chi connectivity index (χ3v) is 5.10. The predicted molar refractivity (Wildman–Crippen MR) is 85.8 cm³/mol. The van der Waals surface area contributed by atoms with Gasteiger partial charge < -0.3 is 9.30 Å². The molecular weight excluding hydrogens is 306 g/mol. The molecule has 112 valence electrons. The fourth-order valence-electron chi connectivity index (χ4n) is 2.42. The third kappa shape index (κ3) is 3.42. The number of hydrogen-bond acceptors (Lipinski definition) is 4. The highest BCUT2D eigenvalue weighted by molar-refractivity contribution is 7.99. The average molecular weight is 324 g/mol. The number of aromatic nitrogens is 3. The highest BCUT2D eigenvalue weighted by atomic mass is 35.5. The van der Waals surface area contributed by atoms with Crippen LogP contribution in [0.5, 0.6) is 0 Å². The van der Waals surface area contributed by atoms with Crippen molar-refractivity contribution in [1.82, 2.24) is 14.8 Å². The maximum absolute atomic E-state index is 6.23. The van der Waals surface area contributed by atoms with E-state index >= 15 is 0 Å². The largest absolute Gasteiger partial charge is 0.377 e. The topological polar surface area (TPSA) is 39.9 Å². The first kappa shape index (κ1) is 14.9. The van der Waals surface area contributed by atoms with Crippen molar-refractivity contribution in [3.63, 3.8) is 0 Å². The molecule has 4 nitrogen and oxygen atoms in total. The van der Waals surface area contributed by atoms with Crippen LogP contribution >= 0.6 is 23.4 Å². The molecule has 0 spiro atoms. The molecule has 0 N–H and O–H groups in total. The Bertz CT molecular complexity index is 611. The van der Waals surface area contributed by atoms with Crippen LogP contribution in [0, 0.1) is 0 Å². The zero-order valence-electron chi connectivity index (χ0n) is 12.0. The van der Waals surface area contributed by atoms with E-state index in [1.807, 2.05) is 35.9 Å². The van der Waals surface area contributed by atoms with E-state index in [9.17, 15) is 0 Å². The number of benzene rings is 1. The molecule has 3 rings (SSSR count). The van der Waals surface area contributed by atoms with Crippen molar-refractivity contribution in [2.24, 2.45) is 7.05 Å².